The first-order valence-corrected chi connectivity index (χ1v) is 7.98. The van der Waals surface area contributed by atoms with E-state index in [0.29, 0.717) is 18.6 Å². The van der Waals surface area contributed by atoms with Crippen LogP contribution in [0.15, 0.2) is 18.2 Å². The molecule has 1 unspecified atom stereocenters. The molecule has 0 radical (unpaired) electrons. The van der Waals surface area contributed by atoms with E-state index >= 15 is 0 Å². The van der Waals surface area contributed by atoms with E-state index in [-0.39, 0.29) is 11.2 Å². The Labute approximate surface area is 128 Å². The van der Waals surface area contributed by atoms with Gasteiger partial charge < -0.3 is 5.32 Å². The fourth-order valence-corrected chi connectivity index (χ4v) is 2.48. The van der Waals surface area contributed by atoms with Crippen LogP contribution in [0.25, 0.3) is 0 Å². The van der Waals surface area contributed by atoms with Gasteiger partial charge in [0.05, 0.1) is 0 Å². The zero-order chi connectivity index (χ0) is 15.6. The summed E-state index contributed by atoms with van der Waals surface area (Å²) in [7, 11) is 2.07. The molecule has 0 amide bonds. The molecule has 1 aliphatic carbocycles. The van der Waals surface area contributed by atoms with Crippen LogP contribution in [0.3, 0.4) is 0 Å². The first kappa shape index (κ1) is 16.4. The van der Waals surface area contributed by atoms with Gasteiger partial charge in [0.1, 0.15) is 5.82 Å². The number of hydrogen-bond donors (Lipinski definition) is 1. The summed E-state index contributed by atoms with van der Waals surface area (Å²) in [6.07, 6.45) is 2.56. The summed E-state index contributed by atoms with van der Waals surface area (Å²) in [5.74, 6) is -0.0990. The molecule has 0 saturated heterocycles. The molecular weight excluding hydrogens is 263 g/mol. The Morgan fingerprint density at radius 3 is 2.57 bits per heavy atom. The van der Waals surface area contributed by atoms with Gasteiger partial charge in [0.2, 0.25) is 0 Å². The van der Waals surface area contributed by atoms with E-state index in [4.69, 9.17) is 0 Å². The molecule has 2 rings (SSSR count). The first-order valence-electron chi connectivity index (χ1n) is 7.98. The van der Waals surface area contributed by atoms with E-state index in [2.05, 4.69) is 45.0 Å². The highest BCUT2D eigenvalue weighted by atomic mass is 19.1. The third-order valence-corrected chi connectivity index (χ3v) is 4.62. The Morgan fingerprint density at radius 2 is 2.00 bits per heavy atom. The quantitative estimate of drug-likeness (QED) is 0.854. The van der Waals surface area contributed by atoms with E-state index in [0.717, 1.165) is 12.1 Å². The smallest absolute Gasteiger partial charge is 0.127 e. The maximum atomic E-state index is 14.1. The third kappa shape index (κ3) is 4.79. The summed E-state index contributed by atoms with van der Waals surface area (Å²) in [4.78, 5) is 2.23. The van der Waals surface area contributed by atoms with Crippen molar-refractivity contribution in [3.05, 3.63) is 35.1 Å². The molecule has 0 aromatic heterocycles. The van der Waals surface area contributed by atoms with Crippen LogP contribution in [0, 0.1) is 11.2 Å². The number of halogens is 1. The third-order valence-electron chi connectivity index (χ3n) is 4.62. The molecule has 118 valence electrons. The lowest BCUT2D eigenvalue weighted by atomic mass is 9.87. The predicted molar refractivity (Wildman–Crippen MR) is 86.6 cm³/mol. The van der Waals surface area contributed by atoms with Crippen molar-refractivity contribution in [2.45, 2.75) is 65.7 Å². The van der Waals surface area contributed by atoms with Gasteiger partial charge in [-0.05, 0) is 43.9 Å². The molecule has 0 aliphatic heterocycles. The molecule has 1 N–H and O–H groups in total. The minimum Gasteiger partial charge on any atom is -0.310 e. The van der Waals surface area contributed by atoms with E-state index in [1.807, 2.05) is 12.1 Å². The van der Waals surface area contributed by atoms with Crippen molar-refractivity contribution in [1.29, 1.82) is 0 Å². The fourth-order valence-electron chi connectivity index (χ4n) is 2.48. The molecule has 1 atom stereocenters. The standard InChI is InChI=1S/C18H29FN2/c1-13(18(2,3)4)21(5)12-15-10-14(6-9-17(15)19)11-20-16-7-8-16/h6,9-10,13,16,20H,7-8,11-12H2,1-5H3. The van der Waals surface area contributed by atoms with Crippen molar-refractivity contribution in [3.8, 4) is 0 Å². The van der Waals surface area contributed by atoms with Crippen LogP contribution in [0.4, 0.5) is 4.39 Å². The second-order valence-electron chi connectivity index (χ2n) is 7.54. The Morgan fingerprint density at radius 1 is 1.33 bits per heavy atom. The van der Waals surface area contributed by atoms with Crippen LogP contribution in [0.2, 0.25) is 0 Å². The summed E-state index contributed by atoms with van der Waals surface area (Å²) >= 11 is 0. The van der Waals surface area contributed by atoms with Gasteiger partial charge in [-0.1, -0.05) is 32.9 Å². The largest absolute Gasteiger partial charge is 0.310 e. The summed E-state index contributed by atoms with van der Waals surface area (Å²) in [5, 5.41) is 3.48. The van der Waals surface area contributed by atoms with Gasteiger partial charge in [-0.2, -0.15) is 0 Å². The van der Waals surface area contributed by atoms with Crippen LogP contribution in [-0.2, 0) is 13.1 Å². The lowest BCUT2D eigenvalue weighted by Gasteiger charge is -2.35. The summed E-state index contributed by atoms with van der Waals surface area (Å²) < 4.78 is 14.1. The molecule has 1 saturated carbocycles. The Bertz CT molecular complexity index is 475. The Balaban J connectivity index is 2.01. The molecule has 21 heavy (non-hydrogen) atoms. The summed E-state index contributed by atoms with van der Waals surface area (Å²) in [6.45, 7) is 10.4. The average Bonchev–Trinajstić information content (AvgIpc) is 3.21. The maximum Gasteiger partial charge on any atom is 0.127 e. The lowest BCUT2D eigenvalue weighted by molar-refractivity contribution is 0.133. The van der Waals surface area contributed by atoms with Crippen LogP contribution in [0.1, 0.15) is 51.7 Å². The molecule has 1 aliphatic rings. The van der Waals surface area contributed by atoms with Crippen LogP contribution < -0.4 is 5.32 Å². The topological polar surface area (TPSA) is 15.3 Å². The van der Waals surface area contributed by atoms with Crippen LogP contribution in [0.5, 0.6) is 0 Å². The minimum absolute atomic E-state index is 0.0990. The molecule has 1 aromatic rings. The zero-order valence-electron chi connectivity index (χ0n) is 14.0. The highest BCUT2D eigenvalue weighted by Crippen LogP contribution is 2.25. The van der Waals surface area contributed by atoms with Crippen LogP contribution >= 0.6 is 0 Å². The molecule has 0 spiro atoms. The van der Waals surface area contributed by atoms with Crippen LogP contribution in [-0.4, -0.2) is 24.0 Å². The van der Waals surface area contributed by atoms with Gasteiger partial charge in [0.25, 0.3) is 0 Å². The molecular formula is C18H29FN2. The molecule has 1 aromatic carbocycles. The number of nitrogens with zero attached hydrogens (tertiary/aromatic N) is 1. The highest BCUT2D eigenvalue weighted by Gasteiger charge is 2.24. The van der Waals surface area contributed by atoms with Crippen molar-refractivity contribution in [2.24, 2.45) is 5.41 Å². The second-order valence-corrected chi connectivity index (χ2v) is 7.54. The van der Waals surface area contributed by atoms with Crippen molar-refractivity contribution < 1.29 is 4.39 Å². The Kier molecular flexibility index (Phi) is 5.05. The highest BCUT2D eigenvalue weighted by molar-refractivity contribution is 5.25. The van der Waals surface area contributed by atoms with E-state index in [1.165, 1.54) is 18.4 Å². The van der Waals surface area contributed by atoms with Crippen molar-refractivity contribution in [2.75, 3.05) is 7.05 Å². The predicted octanol–water partition coefficient (Wildman–Crippen LogP) is 3.94. The van der Waals surface area contributed by atoms with Gasteiger partial charge in [-0.15, -0.1) is 0 Å². The SMILES string of the molecule is CC(N(C)Cc1cc(CNC2CC2)ccc1F)C(C)(C)C. The van der Waals surface area contributed by atoms with Gasteiger partial charge in [-0.25, -0.2) is 4.39 Å². The molecule has 0 bridgehead atoms. The molecule has 1 fully saturated rings. The zero-order valence-corrected chi connectivity index (χ0v) is 14.0. The van der Waals surface area contributed by atoms with E-state index < -0.39 is 0 Å². The van der Waals surface area contributed by atoms with Gasteiger partial charge in [0, 0.05) is 30.7 Å². The number of nitrogens with one attached hydrogen (secondary N) is 1. The van der Waals surface area contributed by atoms with E-state index in [9.17, 15) is 4.39 Å². The van der Waals surface area contributed by atoms with Crippen molar-refractivity contribution in [3.63, 3.8) is 0 Å². The molecule has 3 heteroatoms. The van der Waals surface area contributed by atoms with E-state index in [1.54, 1.807) is 6.07 Å². The number of hydrogen-bond acceptors (Lipinski definition) is 2. The Hall–Kier alpha value is -0.930. The lowest BCUT2D eigenvalue weighted by Crippen LogP contribution is -2.39. The maximum absolute atomic E-state index is 14.1. The number of benzene rings is 1. The fraction of sp³-hybridized carbons (Fsp3) is 0.667. The second kappa shape index (κ2) is 6.45. The number of rotatable bonds is 6. The average molecular weight is 292 g/mol. The van der Waals surface area contributed by atoms with Gasteiger partial charge >= 0.3 is 0 Å². The first-order chi connectivity index (χ1) is 9.77. The van der Waals surface area contributed by atoms with Crippen molar-refractivity contribution >= 4 is 0 Å². The monoisotopic (exact) mass is 292 g/mol. The van der Waals surface area contributed by atoms with Crippen molar-refractivity contribution in [1.82, 2.24) is 10.2 Å². The molecule has 2 nitrogen and oxygen atoms in total. The summed E-state index contributed by atoms with van der Waals surface area (Å²) in [6, 6.07) is 6.58. The van der Waals surface area contributed by atoms with Gasteiger partial charge in [-0.3, -0.25) is 4.90 Å². The minimum atomic E-state index is -0.0990. The molecule has 0 heterocycles. The summed E-state index contributed by atoms with van der Waals surface area (Å²) in [5.41, 5.74) is 2.16. The van der Waals surface area contributed by atoms with Gasteiger partial charge in [0.15, 0.2) is 0 Å². The normalized spacial score (nSPS) is 17.3.